The van der Waals surface area contributed by atoms with Gasteiger partial charge in [-0.25, -0.2) is 0 Å². The molecule has 0 bridgehead atoms. The second-order valence-corrected chi connectivity index (χ2v) is 2.57. The second kappa shape index (κ2) is 4.54. The molecular weight excluding hydrogens is 148 g/mol. The Labute approximate surface area is 73.2 Å². The monoisotopic (exact) mass is 162 g/mol. The highest BCUT2D eigenvalue weighted by atomic mass is 15.3. The zero-order valence-corrected chi connectivity index (χ0v) is 7.57. The Bertz CT molecular complexity index is 268. The molecule has 0 N–H and O–H groups in total. The van der Waals surface area contributed by atoms with E-state index in [2.05, 4.69) is 17.3 Å². The molecule has 1 heterocycles. The van der Waals surface area contributed by atoms with Crippen molar-refractivity contribution in [3.05, 3.63) is 42.3 Å². The standard InChI is InChI=1S/C10H14N2/c1-3-6-10(4-2)9-12-8-5-7-11-12/h3-8H,9H2,1-2H3/b6-3-,10-4+. The molecule has 0 aliphatic carbocycles. The van der Waals surface area contributed by atoms with Crippen LogP contribution in [-0.2, 0) is 6.54 Å². The fourth-order valence-corrected chi connectivity index (χ4v) is 1.04. The van der Waals surface area contributed by atoms with Gasteiger partial charge >= 0.3 is 0 Å². The van der Waals surface area contributed by atoms with Crippen LogP contribution in [0.4, 0.5) is 0 Å². The summed E-state index contributed by atoms with van der Waals surface area (Å²) in [5.41, 5.74) is 1.28. The molecule has 0 spiro atoms. The first kappa shape index (κ1) is 8.78. The highest BCUT2D eigenvalue weighted by Crippen LogP contribution is 2.00. The van der Waals surface area contributed by atoms with Gasteiger partial charge in [-0.3, -0.25) is 4.68 Å². The first-order chi connectivity index (χ1) is 5.86. The number of hydrogen-bond donors (Lipinski definition) is 0. The van der Waals surface area contributed by atoms with E-state index < -0.39 is 0 Å². The molecule has 1 aromatic rings. The molecule has 0 amide bonds. The van der Waals surface area contributed by atoms with Crippen LogP contribution in [-0.4, -0.2) is 9.78 Å². The zero-order chi connectivity index (χ0) is 8.81. The summed E-state index contributed by atoms with van der Waals surface area (Å²) in [4.78, 5) is 0. The lowest BCUT2D eigenvalue weighted by atomic mass is 10.2. The summed E-state index contributed by atoms with van der Waals surface area (Å²) in [5, 5.41) is 4.13. The molecule has 0 saturated carbocycles. The van der Waals surface area contributed by atoms with Crippen LogP contribution >= 0.6 is 0 Å². The highest BCUT2D eigenvalue weighted by molar-refractivity contribution is 5.16. The van der Waals surface area contributed by atoms with Crippen LogP contribution < -0.4 is 0 Å². The Hall–Kier alpha value is -1.31. The minimum Gasteiger partial charge on any atom is -0.268 e. The van der Waals surface area contributed by atoms with Crippen molar-refractivity contribution in [3.63, 3.8) is 0 Å². The van der Waals surface area contributed by atoms with Gasteiger partial charge in [0.25, 0.3) is 0 Å². The maximum absolute atomic E-state index is 4.13. The third-order valence-corrected chi connectivity index (χ3v) is 1.66. The van der Waals surface area contributed by atoms with Gasteiger partial charge in [-0.2, -0.15) is 5.10 Å². The van der Waals surface area contributed by atoms with Gasteiger partial charge in [-0.05, 0) is 25.5 Å². The van der Waals surface area contributed by atoms with Crippen LogP contribution in [0.1, 0.15) is 13.8 Å². The van der Waals surface area contributed by atoms with Gasteiger partial charge in [0, 0.05) is 12.4 Å². The van der Waals surface area contributed by atoms with Crippen molar-refractivity contribution in [1.82, 2.24) is 9.78 Å². The van der Waals surface area contributed by atoms with E-state index >= 15 is 0 Å². The molecule has 0 atom stereocenters. The molecule has 0 saturated heterocycles. The lowest BCUT2D eigenvalue weighted by Gasteiger charge is -2.00. The van der Waals surface area contributed by atoms with E-state index in [9.17, 15) is 0 Å². The molecule has 1 aromatic heterocycles. The number of allylic oxidation sites excluding steroid dienone is 4. The predicted molar refractivity (Wildman–Crippen MR) is 50.8 cm³/mol. The Balaban J connectivity index is 2.61. The summed E-state index contributed by atoms with van der Waals surface area (Å²) in [6, 6.07) is 1.93. The molecule has 0 aliphatic rings. The third-order valence-electron chi connectivity index (χ3n) is 1.66. The maximum Gasteiger partial charge on any atom is 0.0656 e. The molecular formula is C10H14N2. The van der Waals surface area contributed by atoms with Crippen molar-refractivity contribution in [2.75, 3.05) is 0 Å². The predicted octanol–water partition coefficient (Wildman–Crippen LogP) is 2.41. The Morgan fingerprint density at radius 1 is 1.50 bits per heavy atom. The van der Waals surface area contributed by atoms with E-state index in [1.165, 1.54) is 5.57 Å². The Morgan fingerprint density at radius 2 is 2.33 bits per heavy atom. The summed E-state index contributed by atoms with van der Waals surface area (Å²) >= 11 is 0. The first-order valence-electron chi connectivity index (χ1n) is 4.12. The number of aromatic nitrogens is 2. The number of rotatable bonds is 3. The summed E-state index contributed by atoms with van der Waals surface area (Å²) in [7, 11) is 0. The van der Waals surface area contributed by atoms with Crippen LogP contribution in [0.25, 0.3) is 0 Å². The average Bonchev–Trinajstić information content (AvgIpc) is 2.56. The lowest BCUT2D eigenvalue weighted by molar-refractivity contribution is 0.685. The Kier molecular flexibility index (Phi) is 3.33. The molecule has 1 rings (SSSR count). The average molecular weight is 162 g/mol. The third kappa shape index (κ3) is 2.38. The van der Waals surface area contributed by atoms with Crippen LogP contribution in [0.2, 0.25) is 0 Å². The van der Waals surface area contributed by atoms with Gasteiger partial charge in [0.05, 0.1) is 6.54 Å². The van der Waals surface area contributed by atoms with Crippen LogP contribution in [0, 0.1) is 0 Å². The van der Waals surface area contributed by atoms with Gasteiger partial charge in [-0.15, -0.1) is 0 Å². The quantitative estimate of drug-likeness (QED) is 0.624. The minimum atomic E-state index is 0.855. The second-order valence-electron chi connectivity index (χ2n) is 2.57. The SMILES string of the molecule is C/C=C\C(=C/C)Cn1cccn1. The van der Waals surface area contributed by atoms with E-state index in [1.54, 1.807) is 6.20 Å². The highest BCUT2D eigenvalue weighted by Gasteiger charge is 1.92. The normalized spacial score (nSPS) is 12.7. The molecule has 64 valence electrons. The van der Waals surface area contributed by atoms with Gasteiger partial charge in [0.1, 0.15) is 0 Å². The fourth-order valence-electron chi connectivity index (χ4n) is 1.04. The van der Waals surface area contributed by atoms with Crippen LogP contribution in [0.3, 0.4) is 0 Å². The topological polar surface area (TPSA) is 17.8 Å². The molecule has 0 radical (unpaired) electrons. The molecule has 0 aliphatic heterocycles. The van der Waals surface area contributed by atoms with Gasteiger partial charge in [0.15, 0.2) is 0 Å². The summed E-state index contributed by atoms with van der Waals surface area (Å²) in [5.74, 6) is 0. The van der Waals surface area contributed by atoms with E-state index in [4.69, 9.17) is 0 Å². The number of hydrogen-bond acceptors (Lipinski definition) is 1. The van der Waals surface area contributed by atoms with Gasteiger partial charge < -0.3 is 0 Å². The Morgan fingerprint density at radius 3 is 2.83 bits per heavy atom. The molecule has 2 heteroatoms. The molecule has 0 unspecified atom stereocenters. The smallest absolute Gasteiger partial charge is 0.0656 e. The van der Waals surface area contributed by atoms with E-state index in [1.807, 2.05) is 36.9 Å². The largest absolute Gasteiger partial charge is 0.268 e. The van der Waals surface area contributed by atoms with Crippen molar-refractivity contribution in [3.8, 4) is 0 Å². The van der Waals surface area contributed by atoms with Crippen LogP contribution in [0.5, 0.6) is 0 Å². The van der Waals surface area contributed by atoms with E-state index in [0.29, 0.717) is 0 Å². The lowest BCUT2D eigenvalue weighted by Crippen LogP contribution is -1.99. The van der Waals surface area contributed by atoms with Gasteiger partial charge in [0.2, 0.25) is 0 Å². The summed E-state index contributed by atoms with van der Waals surface area (Å²) < 4.78 is 1.91. The molecule has 2 nitrogen and oxygen atoms in total. The van der Waals surface area contributed by atoms with Crippen LogP contribution in [0.15, 0.2) is 42.3 Å². The number of nitrogens with zero attached hydrogens (tertiary/aromatic N) is 2. The fraction of sp³-hybridized carbons (Fsp3) is 0.300. The van der Waals surface area contributed by atoms with E-state index in [0.717, 1.165) is 6.54 Å². The zero-order valence-electron chi connectivity index (χ0n) is 7.57. The molecule has 0 fully saturated rings. The first-order valence-corrected chi connectivity index (χ1v) is 4.12. The van der Waals surface area contributed by atoms with Crippen molar-refractivity contribution >= 4 is 0 Å². The molecule has 0 aromatic carbocycles. The maximum atomic E-state index is 4.13. The van der Waals surface area contributed by atoms with Crippen molar-refractivity contribution in [2.45, 2.75) is 20.4 Å². The van der Waals surface area contributed by atoms with Crippen molar-refractivity contribution in [2.24, 2.45) is 0 Å². The van der Waals surface area contributed by atoms with Crippen molar-refractivity contribution < 1.29 is 0 Å². The van der Waals surface area contributed by atoms with Crippen molar-refractivity contribution in [1.29, 1.82) is 0 Å². The summed E-state index contributed by atoms with van der Waals surface area (Å²) in [6.07, 6.45) is 10.00. The molecule has 12 heavy (non-hydrogen) atoms. The minimum absolute atomic E-state index is 0.855. The summed E-state index contributed by atoms with van der Waals surface area (Å²) in [6.45, 7) is 4.92. The van der Waals surface area contributed by atoms with E-state index in [-0.39, 0.29) is 0 Å². The van der Waals surface area contributed by atoms with Gasteiger partial charge in [-0.1, -0.05) is 18.2 Å².